The lowest BCUT2D eigenvalue weighted by atomic mass is 10.1. The summed E-state index contributed by atoms with van der Waals surface area (Å²) in [6.07, 6.45) is 3.55. The van der Waals surface area contributed by atoms with E-state index in [1.54, 1.807) is 18.2 Å². The molecule has 1 saturated heterocycles. The van der Waals surface area contributed by atoms with Crippen molar-refractivity contribution in [1.82, 2.24) is 4.90 Å². The Bertz CT molecular complexity index is 922. The van der Waals surface area contributed by atoms with Crippen molar-refractivity contribution in [3.8, 4) is 5.75 Å². The summed E-state index contributed by atoms with van der Waals surface area (Å²) >= 11 is 1.51. The summed E-state index contributed by atoms with van der Waals surface area (Å²) in [5, 5.41) is 9.26. The molecule has 0 aliphatic carbocycles. The highest BCUT2D eigenvalue weighted by Crippen LogP contribution is 2.32. The number of thioether (sulfide) groups is 1. The Labute approximate surface area is 176 Å². The molecule has 0 spiro atoms. The smallest absolute Gasteiger partial charge is 0.242 e. The van der Waals surface area contributed by atoms with Crippen molar-refractivity contribution in [2.24, 2.45) is 10.2 Å². The fraction of sp³-hybridized carbons (Fsp3) is 0.348. The van der Waals surface area contributed by atoms with Crippen LogP contribution in [0, 0.1) is 13.8 Å². The highest BCUT2D eigenvalue weighted by Gasteiger charge is 2.37. The van der Waals surface area contributed by atoms with Crippen LogP contribution in [0.25, 0.3) is 0 Å². The van der Waals surface area contributed by atoms with Gasteiger partial charge in [-0.1, -0.05) is 61.0 Å². The lowest BCUT2D eigenvalue weighted by Crippen LogP contribution is -2.31. The Hall–Kier alpha value is -2.60. The first kappa shape index (κ1) is 21.1. The fourth-order valence-corrected chi connectivity index (χ4v) is 4.41. The molecule has 2 aromatic carbocycles. The molecule has 0 radical (unpaired) electrons. The van der Waals surface area contributed by atoms with Gasteiger partial charge in [-0.2, -0.15) is 5.10 Å². The van der Waals surface area contributed by atoms with Gasteiger partial charge in [0.15, 0.2) is 5.17 Å². The molecule has 0 aromatic heterocycles. The van der Waals surface area contributed by atoms with Gasteiger partial charge < -0.3 is 4.74 Å². The Morgan fingerprint density at radius 3 is 2.59 bits per heavy atom. The summed E-state index contributed by atoms with van der Waals surface area (Å²) in [7, 11) is 1.64. The van der Waals surface area contributed by atoms with Crippen LogP contribution in [-0.4, -0.2) is 34.5 Å². The molecule has 2 aromatic rings. The van der Waals surface area contributed by atoms with Crippen molar-refractivity contribution >= 4 is 29.1 Å². The summed E-state index contributed by atoms with van der Waals surface area (Å²) in [6.45, 7) is 6.70. The van der Waals surface area contributed by atoms with Crippen molar-refractivity contribution < 1.29 is 9.53 Å². The summed E-state index contributed by atoms with van der Waals surface area (Å²) in [6, 6.07) is 14.0. The molecule has 152 valence electrons. The number of hydrogen-bond acceptors (Lipinski definition) is 5. The van der Waals surface area contributed by atoms with Gasteiger partial charge in [0.2, 0.25) is 5.91 Å². The molecule has 3 rings (SSSR count). The van der Waals surface area contributed by atoms with Gasteiger partial charge in [-0.15, -0.1) is 5.10 Å². The van der Waals surface area contributed by atoms with Crippen LogP contribution in [0.15, 0.2) is 52.7 Å². The zero-order valence-corrected chi connectivity index (χ0v) is 18.2. The van der Waals surface area contributed by atoms with E-state index in [0.29, 0.717) is 11.7 Å². The number of ether oxygens (including phenoxy) is 1. The monoisotopic (exact) mass is 409 g/mol. The van der Waals surface area contributed by atoms with E-state index < -0.39 is 0 Å². The molecule has 1 amide bonds. The minimum Gasteiger partial charge on any atom is -0.497 e. The molecule has 6 heteroatoms. The van der Waals surface area contributed by atoms with Gasteiger partial charge in [-0.25, -0.2) is 0 Å². The maximum Gasteiger partial charge on any atom is 0.242 e. The molecule has 1 fully saturated rings. The molecule has 0 saturated carbocycles. The first-order chi connectivity index (χ1) is 14.0. The molecule has 1 aliphatic heterocycles. The summed E-state index contributed by atoms with van der Waals surface area (Å²) in [4.78, 5) is 14.6. The Morgan fingerprint density at radius 2 is 1.93 bits per heavy atom. The van der Waals surface area contributed by atoms with Gasteiger partial charge in [-0.3, -0.25) is 9.69 Å². The fourth-order valence-electron chi connectivity index (χ4n) is 3.20. The van der Waals surface area contributed by atoms with Crippen molar-refractivity contribution in [2.75, 3.05) is 7.11 Å². The number of carbonyl (C=O) groups is 1. The van der Waals surface area contributed by atoms with Crippen LogP contribution in [0.4, 0.5) is 0 Å². The van der Waals surface area contributed by atoms with Gasteiger partial charge in [0.05, 0.1) is 25.1 Å². The Morgan fingerprint density at radius 1 is 1.17 bits per heavy atom. The molecule has 1 atom stereocenters. The third kappa shape index (κ3) is 5.26. The second-order valence-corrected chi connectivity index (χ2v) is 8.32. The van der Waals surface area contributed by atoms with E-state index in [1.807, 2.05) is 30.3 Å². The summed E-state index contributed by atoms with van der Waals surface area (Å²) in [5.41, 5.74) is 4.43. The van der Waals surface area contributed by atoms with Gasteiger partial charge in [-0.05, 0) is 49.1 Å². The van der Waals surface area contributed by atoms with Crippen molar-refractivity contribution in [2.45, 2.75) is 45.4 Å². The minimum absolute atomic E-state index is 0.0895. The molecule has 5 nitrogen and oxygen atoms in total. The second-order valence-electron chi connectivity index (χ2n) is 7.15. The number of aryl methyl sites for hydroxylation is 2. The number of nitrogens with zero attached hydrogens (tertiary/aromatic N) is 3. The molecular weight excluding hydrogens is 382 g/mol. The minimum atomic E-state index is -0.0895. The van der Waals surface area contributed by atoms with Crippen LogP contribution in [0.2, 0.25) is 0 Å². The van der Waals surface area contributed by atoms with E-state index in [0.717, 1.165) is 35.3 Å². The molecule has 1 aliphatic rings. The third-order valence-electron chi connectivity index (χ3n) is 4.84. The number of amidine groups is 1. The molecule has 1 heterocycles. The number of carbonyl (C=O) groups excluding carboxylic acids is 1. The highest BCUT2D eigenvalue weighted by molar-refractivity contribution is 8.15. The second kappa shape index (κ2) is 9.74. The standard InChI is InChI=1S/C23H27N3O2S/c1-5-6-21-22(27)26(15-18-8-11-20(28-4)12-9-18)23(29-21)25-24-14-19-10-7-16(2)13-17(19)3/h7-14,21H,5-6,15H2,1-4H3/b24-14+,25-23+. The predicted octanol–water partition coefficient (Wildman–Crippen LogP) is 4.95. The number of rotatable bonds is 7. The van der Waals surface area contributed by atoms with Crippen LogP contribution in [0.3, 0.4) is 0 Å². The number of methoxy groups -OCH3 is 1. The van der Waals surface area contributed by atoms with Crippen LogP contribution in [-0.2, 0) is 11.3 Å². The van der Waals surface area contributed by atoms with E-state index in [1.165, 1.54) is 17.3 Å². The average Bonchev–Trinajstić information content (AvgIpc) is 2.99. The quantitative estimate of drug-likeness (QED) is 0.480. The lowest BCUT2D eigenvalue weighted by Gasteiger charge is -2.16. The summed E-state index contributed by atoms with van der Waals surface area (Å²) < 4.78 is 5.22. The highest BCUT2D eigenvalue weighted by atomic mass is 32.2. The molecular formula is C23H27N3O2S. The maximum absolute atomic E-state index is 12.9. The number of benzene rings is 2. The molecule has 1 unspecified atom stereocenters. The van der Waals surface area contributed by atoms with Crippen LogP contribution in [0.5, 0.6) is 5.75 Å². The number of amides is 1. The van der Waals surface area contributed by atoms with Gasteiger partial charge in [0, 0.05) is 0 Å². The van der Waals surface area contributed by atoms with Crippen molar-refractivity contribution in [1.29, 1.82) is 0 Å². The zero-order valence-electron chi connectivity index (χ0n) is 17.4. The maximum atomic E-state index is 12.9. The van der Waals surface area contributed by atoms with Crippen LogP contribution >= 0.6 is 11.8 Å². The number of hydrogen-bond donors (Lipinski definition) is 0. The van der Waals surface area contributed by atoms with E-state index in [9.17, 15) is 4.79 Å². The normalized spacial score (nSPS) is 18.2. The van der Waals surface area contributed by atoms with Crippen LogP contribution in [0.1, 0.15) is 42.0 Å². The average molecular weight is 410 g/mol. The first-order valence-electron chi connectivity index (χ1n) is 9.81. The third-order valence-corrected chi connectivity index (χ3v) is 6.07. The van der Waals surface area contributed by atoms with E-state index in [-0.39, 0.29) is 11.2 Å². The molecule has 0 bridgehead atoms. The first-order valence-corrected chi connectivity index (χ1v) is 10.7. The zero-order chi connectivity index (χ0) is 20.8. The lowest BCUT2D eigenvalue weighted by molar-refractivity contribution is -0.126. The topological polar surface area (TPSA) is 54.3 Å². The van der Waals surface area contributed by atoms with Gasteiger partial charge in [0.25, 0.3) is 0 Å². The summed E-state index contributed by atoms with van der Waals surface area (Å²) in [5.74, 6) is 0.903. The van der Waals surface area contributed by atoms with E-state index in [4.69, 9.17) is 4.74 Å². The van der Waals surface area contributed by atoms with E-state index >= 15 is 0 Å². The van der Waals surface area contributed by atoms with Crippen molar-refractivity contribution in [3.63, 3.8) is 0 Å². The van der Waals surface area contributed by atoms with Gasteiger partial charge in [0.1, 0.15) is 5.75 Å². The van der Waals surface area contributed by atoms with Crippen molar-refractivity contribution in [3.05, 3.63) is 64.7 Å². The predicted molar refractivity (Wildman–Crippen MR) is 121 cm³/mol. The van der Waals surface area contributed by atoms with E-state index in [2.05, 4.69) is 43.1 Å². The van der Waals surface area contributed by atoms with Gasteiger partial charge >= 0.3 is 0 Å². The largest absolute Gasteiger partial charge is 0.497 e. The molecule has 29 heavy (non-hydrogen) atoms. The molecule has 0 N–H and O–H groups in total. The Kier molecular flexibility index (Phi) is 7.09. The SMILES string of the molecule is CCCC1S/C(=N/N=C/c2ccc(C)cc2C)N(Cc2ccc(OC)cc2)C1=O. The van der Waals surface area contributed by atoms with Crippen LogP contribution < -0.4 is 4.74 Å². The Balaban J connectivity index is 1.81.